The van der Waals surface area contributed by atoms with Gasteiger partial charge in [0, 0.05) is 29.1 Å². The van der Waals surface area contributed by atoms with Crippen LogP contribution in [0.1, 0.15) is 10.9 Å². The van der Waals surface area contributed by atoms with Crippen LogP contribution < -0.4 is 9.64 Å². The molecule has 3 aromatic carbocycles. The number of aromatic nitrogens is 1. The Kier molecular flexibility index (Phi) is 6.64. The molecule has 2 heterocycles. The summed E-state index contributed by atoms with van der Waals surface area (Å²) in [4.78, 5) is 29.9. The third kappa shape index (κ3) is 4.78. The SMILES string of the molecule is COc1ccc2cc(C3SCC(=O)N3c3cc(O)ccc3N=Nc3ccccc3[N+](=O)[O-])c(Cl)nc2c1. The quantitative estimate of drug-likeness (QED) is 0.126. The van der Waals surface area contributed by atoms with Crippen LogP contribution in [-0.2, 0) is 4.79 Å². The number of carbonyl (C=O) groups excluding carboxylic acids is 1. The van der Waals surface area contributed by atoms with Gasteiger partial charge in [0.25, 0.3) is 5.69 Å². The molecule has 5 rings (SSSR count). The number of carbonyl (C=O) groups is 1. The third-order valence-corrected chi connectivity index (χ3v) is 7.20. The number of phenols is 1. The summed E-state index contributed by atoms with van der Waals surface area (Å²) in [6, 6.07) is 17.5. The van der Waals surface area contributed by atoms with Crippen LogP contribution in [0, 0.1) is 10.1 Å². The van der Waals surface area contributed by atoms with Crippen molar-refractivity contribution in [1.82, 2.24) is 4.98 Å². The molecule has 4 aromatic rings. The van der Waals surface area contributed by atoms with Gasteiger partial charge in [-0.1, -0.05) is 23.7 Å². The minimum atomic E-state index is -0.555. The molecule has 0 radical (unpaired) electrons. The van der Waals surface area contributed by atoms with Gasteiger partial charge in [-0.05, 0) is 36.4 Å². The van der Waals surface area contributed by atoms with E-state index in [2.05, 4.69) is 15.2 Å². The first-order chi connectivity index (χ1) is 17.9. The van der Waals surface area contributed by atoms with Crippen molar-refractivity contribution in [2.24, 2.45) is 10.2 Å². The number of benzene rings is 3. The highest BCUT2D eigenvalue weighted by Crippen LogP contribution is 2.48. The first-order valence-electron chi connectivity index (χ1n) is 10.9. The molecule has 1 N–H and O–H groups in total. The van der Waals surface area contributed by atoms with Gasteiger partial charge >= 0.3 is 0 Å². The van der Waals surface area contributed by atoms with Gasteiger partial charge in [0.2, 0.25) is 5.91 Å². The lowest BCUT2D eigenvalue weighted by Crippen LogP contribution is -2.28. The van der Waals surface area contributed by atoms with E-state index in [1.165, 1.54) is 53.1 Å². The number of phenolic OH excluding ortho intramolecular Hbond substituents is 1. The number of amides is 1. The molecule has 1 atom stereocenters. The number of aromatic hydroxyl groups is 1. The normalized spacial score (nSPS) is 15.6. The van der Waals surface area contributed by atoms with Crippen LogP contribution in [0.15, 0.2) is 77.0 Å². The van der Waals surface area contributed by atoms with Crippen LogP contribution >= 0.6 is 23.4 Å². The highest BCUT2D eigenvalue weighted by atomic mass is 35.5. The van der Waals surface area contributed by atoms with Gasteiger partial charge < -0.3 is 9.84 Å². The lowest BCUT2D eigenvalue weighted by Gasteiger charge is -2.26. The highest BCUT2D eigenvalue weighted by Gasteiger charge is 2.37. The fraction of sp³-hybridized carbons (Fsp3) is 0.120. The summed E-state index contributed by atoms with van der Waals surface area (Å²) >= 11 is 7.94. The number of hydrogen-bond acceptors (Lipinski definition) is 9. The molecule has 37 heavy (non-hydrogen) atoms. The fourth-order valence-corrected chi connectivity index (χ4v) is 5.45. The molecule has 12 heteroatoms. The Balaban J connectivity index is 1.58. The molecule has 10 nitrogen and oxygen atoms in total. The summed E-state index contributed by atoms with van der Waals surface area (Å²) in [5.74, 6) is 0.494. The number of methoxy groups -OCH3 is 1. The lowest BCUT2D eigenvalue weighted by atomic mass is 10.1. The molecular weight excluding hydrogens is 518 g/mol. The van der Waals surface area contributed by atoms with Crippen LogP contribution in [0.25, 0.3) is 10.9 Å². The summed E-state index contributed by atoms with van der Waals surface area (Å²) in [7, 11) is 1.57. The molecule has 1 aliphatic heterocycles. The predicted molar refractivity (Wildman–Crippen MR) is 141 cm³/mol. The predicted octanol–water partition coefficient (Wildman–Crippen LogP) is 6.70. The van der Waals surface area contributed by atoms with Gasteiger partial charge in [-0.15, -0.1) is 22.0 Å². The average Bonchev–Trinajstić information content (AvgIpc) is 3.27. The number of thioether (sulfide) groups is 1. The number of fused-ring (bicyclic) bond motifs is 1. The van der Waals surface area contributed by atoms with Crippen LogP contribution in [0.5, 0.6) is 11.5 Å². The van der Waals surface area contributed by atoms with Gasteiger partial charge in [-0.3, -0.25) is 19.8 Å². The van der Waals surface area contributed by atoms with E-state index in [1.54, 1.807) is 19.2 Å². The first-order valence-corrected chi connectivity index (χ1v) is 12.3. The largest absolute Gasteiger partial charge is 0.508 e. The molecular formula is C25H18ClN5O5S. The third-order valence-electron chi connectivity index (χ3n) is 5.70. The Morgan fingerprint density at radius 2 is 1.92 bits per heavy atom. The van der Waals surface area contributed by atoms with Crippen LogP contribution in [0.2, 0.25) is 5.15 Å². The van der Waals surface area contributed by atoms with E-state index in [0.29, 0.717) is 16.8 Å². The summed E-state index contributed by atoms with van der Waals surface area (Å²) in [6.07, 6.45) is 0. The maximum absolute atomic E-state index is 13.1. The minimum Gasteiger partial charge on any atom is -0.508 e. The number of para-hydroxylation sites is 1. The van der Waals surface area contributed by atoms with Crippen molar-refractivity contribution in [3.05, 3.63) is 87.6 Å². The van der Waals surface area contributed by atoms with Crippen LogP contribution in [0.4, 0.5) is 22.7 Å². The number of azo groups is 1. The number of pyridine rings is 1. The molecule has 0 aliphatic carbocycles. The number of anilines is 1. The highest BCUT2D eigenvalue weighted by molar-refractivity contribution is 8.00. The second-order valence-electron chi connectivity index (χ2n) is 7.97. The zero-order chi connectivity index (χ0) is 26.1. The van der Waals surface area contributed by atoms with E-state index < -0.39 is 10.3 Å². The Morgan fingerprint density at radius 3 is 2.70 bits per heavy atom. The molecule has 1 saturated heterocycles. The van der Waals surface area contributed by atoms with E-state index in [9.17, 15) is 20.0 Å². The molecule has 1 unspecified atom stereocenters. The number of nitro benzene ring substituents is 1. The number of ether oxygens (including phenoxy) is 1. The maximum Gasteiger partial charge on any atom is 0.296 e. The molecule has 1 aromatic heterocycles. The minimum absolute atomic E-state index is 0.0578. The second-order valence-corrected chi connectivity index (χ2v) is 9.40. The van der Waals surface area contributed by atoms with Crippen molar-refractivity contribution in [1.29, 1.82) is 0 Å². The summed E-state index contributed by atoms with van der Waals surface area (Å²) in [5, 5.41) is 30.3. The zero-order valence-electron chi connectivity index (χ0n) is 19.2. The van der Waals surface area contributed by atoms with Crippen molar-refractivity contribution in [2.75, 3.05) is 17.8 Å². The Morgan fingerprint density at radius 1 is 1.14 bits per heavy atom. The molecule has 1 amide bonds. The molecule has 0 bridgehead atoms. The van der Waals surface area contributed by atoms with E-state index in [4.69, 9.17) is 16.3 Å². The van der Waals surface area contributed by atoms with Gasteiger partial charge in [-0.2, -0.15) is 0 Å². The Hall–Kier alpha value is -4.22. The topological polar surface area (TPSA) is 131 Å². The standard InChI is InChI=1S/C25H18ClN5O5S/c1-36-16-8-6-14-10-17(24(26)27-20(14)12-16)25-30(23(33)13-37-25)22-11-15(32)7-9-19(22)29-28-18-4-2-3-5-21(18)31(34)35/h2-12,25,32H,13H2,1H3. The van der Waals surface area contributed by atoms with Gasteiger partial charge in [-0.25, -0.2) is 4.98 Å². The number of halogens is 1. The molecule has 1 aliphatic rings. The summed E-state index contributed by atoms with van der Waals surface area (Å²) < 4.78 is 5.26. The average molecular weight is 536 g/mol. The monoisotopic (exact) mass is 535 g/mol. The van der Waals surface area contributed by atoms with Gasteiger partial charge in [0.05, 0.1) is 29.0 Å². The van der Waals surface area contributed by atoms with Gasteiger partial charge in [0.15, 0.2) is 5.69 Å². The smallest absolute Gasteiger partial charge is 0.296 e. The van der Waals surface area contributed by atoms with Crippen molar-refractivity contribution < 1.29 is 19.6 Å². The first kappa shape index (κ1) is 24.5. The maximum atomic E-state index is 13.1. The lowest BCUT2D eigenvalue weighted by molar-refractivity contribution is -0.384. The van der Waals surface area contributed by atoms with E-state index in [0.717, 1.165) is 5.39 Å². The Bertz CT molecular complexity index is 1580. The number of hydrogen-bond donors (Lipinski definition) is 1. The second kappa shape index (κ2) is 10.0. The zero-order valence-corrected chi connectivity index (χ0v) is 20.8. The molecule has 0 spiro atoms. The van der Waals surface area contributed by atoms with Crippen molar-refractivity contribution in [3.63, 3.8) is 0 Å². The van der Waals surface area contributed by atoms with Crippen molar-refractivity contribution in [2.45, 2.75) is 5.37 Å². The summed E-state index contributed by atoms with van der Waals surface area (Å²) in [6.45, 7) is 0. The van der Waals surface area contributed by atoms with E-state index in [1.807, 2.05) is 18.2 Å². The van der Waals surface area contributed by atoms with E-state index >= 15 is 0 Å². The van der Waals surface area contributed by atoms with Crippen LogP contribution in [-0.4, -0.2) is 33.8 Å². The number of rotatable bonds is 6. The molecule has 1 fully saturated rings. The Labute approximate surface area is 219 Å². The molecule has 186 valence electrons. The number of nitrogens with zero attached hydrogens (tertiary/aromatic N) is 5. The van der Waals surface area contributed by atoms with Crippen molar-refractivity contribution >= 4 is 62.9 Å². The van der Waals surface area contributed by atoms with E-state index in [-0.39, 0.29) is 45.3 Å². The van der Waals surface area contributed by atoms with Crippen LogP contribution in [0.3, 0.4) is 0 Å². The van der Waals surface area contributed by atoms with Gasteiger partial charge in [0.1, 0.15) is 27.7 Å². The molecule has 0 saturated carbocycles. The number of nitro groups is 1. The summed E-state index contributed by atoms with van der Waals surface area (Å²) in [5.41, 5.74) is 1.63. The fourth-order valence-electron chi connectivity index (χ4n) is 3.95. The van der Waals surface area contributed by atoms with Crippen molar-refractivity contribution in [3.8, 4) is 11.5 Å².